The molecule has 0 radical (unpaired) electrons. The van der Waals surface area contributed by atoms with E-state index in [2.05, 4.69) is 5.32 Å². The maximum atomic E-state index is 13.2. The minimum absolute atomic E-state index is 0.00711. The molecule has 3 rings (SSSR count). The lowest BCUT2D eigenvalue weighted by Gasteiger charge is -2.26. The number of anilines is 1. The van der Waals surface area contributed by atoms with Gasteiger partial charge in [0, 0.05) is 18.8 Å². The van der Waals surface area contributed by atoms with Gasteiger partial charge in [-0.3, -0.25) is 4.79 Å². The van der Waals surface area contributed by atoms with Crippen LogP contribution in [0, 0.1) is 5.82 Å². The number of rotatable bonds is 6. The highest BCUT2D eigenvalue weighted by Crippen LogP contribution is 2.19. The molecule has 8 nitrogen and oxygen atoms in total. The highest BCUT2D eigenvalue weighted by molar-refractivity contribution is 7.89. The Bertz CT molecular complexity index is 1020. The summed E-state index contributed by atoms with van der Waals surface area (Å²) < 4.78 is 50.0. The van der Waals surface area contributed by atoms with Gasteiger partial charge in [0.25, 0.3) is 5.91 Å². The lowest BCUT2D eigenvalue weighted by atomic mass is 10.2. The van der Waals surface area contributed by atoms with E-state index < -0.39 is 33.8 Å². The first-order valence-corrected chi connectivity index (χ1v) is 10.7. The van der Waals surface area contributed by atoms with Crippen molar-refractivity contribution in [1.29, 1.82) is 0 Å². The van der Waals surface area contributed by atoms with Crippen molar-refractivity contribution in [3.63, 3.8) is 0 Å². The SMILES string of the molecule is C[C@@H](OC(=O)c1cccc(F)c1)C(=O)Nc1ccc(S(=O)(=O)N2CCOCC2)cc1. The quantitative estimate of drug-likeness (QED) is 0.696. The lowest BCUT2D eigenvalue weighted by Crippen LogP contribution is -2.40. The van der Waals surface area contributed by atoms with E-state index in [1.54, 1.807) is 0 Å². The third kappa shape index (κ3) is 5.21. The number of ether oxygens (including phenoxy) is 2. The number of amides is 1. The average Bonchev–Trinajstić information content (AvgIpc) is 2.74. The Hall–Kier alpha value is -2.82. The number of hydrogen-bond donors (Lipinski definition) is 1. The number of esters is 1. The molecule has 0 unspecified atom stereocenters. The fraction of sp³-hybridized carbons (Fsp3) is 0.300. The van der Waals surface area contributed by atoms with Crippen LogP contribution < -0.4 is 5.32 Å². The summed E-state index contributed by atoms with van der Waals surface area (Å²) in [7, 11) is -3.63. The summed E-state index contributed by atoms with van der Waals surface area (Å²) in [5.74, 6) is -2.03. The van der Waals surface area contributed by atoms with Gasteiger partial charge in [-0.05, 0) is 49.4 Å². The van der Waals surface area contributed by atoms with Crippen LogP contribution in [0.15, 0.2) is 53.4 Å². The Morgan fingerprint density at radius 2 is 1.80 bits per heavy atom. The van der Waals surface area contributed by atoms with Crippen LogP contribution in [0.4, 0.5) is 10.1 Å². The second kappa shape index (κ2) is 9.33. The number of halogens is 1. The topological polar surface area (TPSA) is 102 Å². The molecule has 1 atom stereocenters. The van der Waals surface area contributed by atoms with Crippen molar-refractivity contribution in [3.8, 4) is 0 Å². The van der Waals surface area contributed by atoms with Crippen molar-refractivity contribution in [2.75, 3.05) is 31.6 Å². The summed E-state index contributed by atoms with van der Waals surface area (Å²) in [5, 5.41) is 2.55. The minimum atomic E-state index is -3.63. The summed E-state index contributed by atoms with van der Waals surface area (Å²) in [5.41, 5.74) is 0.335. The number of sulfonamides is 1. The van der Waals surface area contributed by atoms with Crippen LogP contribution in [0.25, 0.3) is 0 Å². The van der Waals surface area contributed by atoms with Crippen LogP contribution in [0.2, 0.25) is 0 Å². The predicted molar refractivity (Wildman–Crippen MR) is 106 cm³/mol. The second-order valence-corrected chi connectivity index (χ2v) is 8.53. The fourth-order valence-electron chi connectivity index (χ4n) is 2.79. The fourth-order valence-corrected chi connectivity index (χ4v) is 4.20. The number of carbonyl (C=O) groups excluding carboxylic acids is 2. The van der Waals surface area contributed by atoms with E-state index in [0.29, 0.717) is 18.9 Å². The van der Waals surface area contributed by atoms with Gasteiger partial charge in [0.05, 0.1) is 23.7 Å². The smallest absolute Gasteiger partial charge is 0.339 e. The Labute approximate surface area is 173 Å². The van der Waals surface area contributed by atoms with E-state index in [-0.39, 0.29) is 23.5 Å². The van der Waals surface area contributed by atoms with Crippen molar-refractivity contribution in [2.24, 2.45) is 0 Å². The minimum Gasteiger partial charge on any atom is -0.449 e. The second-order valence-electron chi connectivity index (χ2n) is 6.59. The number of hydrogen-bond acceptors (Lipinski definition) is 6. The summed E-state index contributed by atoms with van der Waals surface area (Å²) in [4.78, 5) is 24.4. The number of carbonyl (C=O) groups is 2. The molecule has 0 spiro atoms. The van der Waals surface area contributed by atoms with Gasteiger partial charge in [0.1, 0.15) is 5.82 Å². The highest BCUT2D eigenvalue weighted by atomic mass is 32.2. The Morgan fingerprint density at radius 1 is 1.13 bits per heavy atom. The van der Waals surface area contributed by atoms with E-state index >= 15 is 0 Å². The predicted octanol–water partition coefficient (Wildman–Crippen LogP) is 2.03. The summed E-state index contributed by atoms with van der Waals surface area (Å²) in [6, 6.07) is 10.6. The van der Waals surface area contributed by atoms with E-state index in [4.69, 9.17) is 9.47 Å². The van der Waals surface area contributed by atoms with E-state index in [9.17, 15) is 22.4 Å². The average molecular weight is 436 g/mol. The Kier molecular flexibility index (Phi) is 6.80. The lowest BCUT2D eigenvalue weighted by molar-refractivity contribution is -0.123. The van der Waals surface area contributed by atoms with Crippen molar-refractivity contribution >= 4 is 27.6 Å². The summed E-state index contributed by atoms with van der Waals surface area (Å²) in [6.07, 6.45) is -1.14. The van der Waals surface area contributed by atoms with Crippen molar-refractivity contribution < 1.29 is 31.9 Å². The number of benzene rings is 2. The van der Waals surface area contributed by atoms with Crippen molar-refractivity contribution in [2.45, 2.75) is 17.9 Å². The largest absolute Gasteiger partial charge is 0.449 e. The first-order chi connectivity index (χ1) is 14.3. The van der Waals surface area contributed by atoms with Gasteiger partial charge in [-0.1, -0.05) is 6.07 Å². The van der Waals surface area contributed by atoms with Gasteiger partial charge >= 0.3 is 5.97 Å². The number of morpholine rings is 1. The van der Waals surface area contributed by atoms with Gasteiger partial charge < -0.3 is 14.8 Å². The molecular formula is C20H21FN2O6S. The standard InChI is InChI=1S/C20H21FN2O6S/c1-14(29-20(25)15-3-2-4-16(21)13-15)19(24)22-17-5-7-18(8-6-17)30(26,27)23-9-11-28-12-10-23/h2-8,13-14H,9-12H2,1H3,(H,22,24)/t14-/m1/s1. The molecule has 0 aliphatic carbocycles. The highest BCUT2D eigenvalue weighted by Gasteiger charge is 2.26. The molecule has 1 aliphatic heterocycles. The molecule has 0 saturated carbocycles. The maximum absolute atomic E-state index is 13.2. The van der Waals surface area contributed by atoms with E-state index in [0.717, 1.165) is 6.07 Å². The molecule has 2 aromatic carbocycles. The zero-order valence-corrected chi connectivity index (χ0v) is 17.0. The van der Waals surface area contributed by atoms with Gasteiger partial charge in [0.2, 0.25) is 10.0 Å². The molecule has 10 heteroatoms. The molecule has 1 amide bonds. The Balaban J connectivity index is 1.60. The van der Waals surface area contributed by atoms with Crippen LogP contribution in [0.1, 0.15) is 17.3 Å². The normalized spacial score (nSPS) is 15.9. The van der Waals surface area contributed by atoms with Gasteiger partial charge in [-0.2, -0.15) is 4.31 Å². The van der Waals surface area contributed by atoms with E-state index in [1.165, 1.54) is 53.7 Å². The van der Waals surface area contributed by atoms with Crippen LogP contribution in [-0.2, 0) is 24.3 Å². The van der Waals surface area contributed by atoms with Crippen molar-refractivity contribution in [1.82, 2.24) is 4.31 Å². The van der Waals surface area contributed by atoms with Gasteiger partial charge in [0.15, 0.2) is 6.10 Å². The zero-order valence-electron chi connectivity index (χ0n) is 16.2. The van der Waals surface area contributed by atoms with E-state index in [1.807, 2.05) is 0 Å². The molecule has 0 bridgehead atoms. The molecule has 1 fully saturated rings. The van der Waals surface area contributed by atoms with Gasteiger partial charge in [-0.15, -0.1) is 0 Å². The summed E-state index contributed by atoms with van der Waals surface area (Å²) in [6.45, 7) is 2.65. The number of nitrogens with zero attached hydrogens (tertiary/aromatic N) is 1. The molecule has 1 aliphatic rings. The molecular weight excluding hydrogens is 415 g/mol. The number of nitrogens with one attached hydrogen (secondary N) is 1. The van der Waals surface area contributed by atoms with Gasteiger partial charge in [-0.25, -0.2) is 17.6 Å². The molecule has 0 aromatic heterocycles. The maximum Gasteiger partial charge on any atom is 0.339 e. The molecule has 1 N–H and O–H groups in total. The monoisotopic (exact) mass is 436 g/mol. The first kappa shape index (κ1) is 21.9. The summed E-state index contributed by atoms with van der Waals surface area (Å²) >= 11 is 0. The van der Waals surface area contributed by atoms with Crippen LogP contribution >= 0.6 is 0 Å². The molecule has 30 heavy (non-hydrogen) atoms. The zero-order chi connectivity index (χ0) is 21.7. The van der Waals surface area contributed by atoms with Crippen LogP contribution in [-0.4, -0.2) is 57.0 Å². The third-order valence-electron chi connectivity index (χ3n) is 4.44. The van der Waals surface area contributed by atoms with Crippen molar-refractivity contribution in [3.05, 3.63) is 59.9 Å². The molecule has 160 valence electrons. The third-order valence-corrected chi connectivity index (χ3v) is 6.36. The molecule has 2 aromatic rings. The van der Waals surface area contributed by atoms with Crippen LogP contribution in [0.5, 0.6) is 0 Å². The first-order valence-electron chi connectivity index (χ1n) is 9.23. The molecule has 1 heterocycles. The van der Waals surface area contributed by atoms with Crippen LogP contribution in [0.3, 0.4) is 0 Å². The Morgan fingerprint density at radius 3 is 2.43 bits per heavy atom. The molecule has 1 saturated heterocycles.